The van der Waals surface area contributed by atoms with Crippen molar-refractivity contribution in [2.24, 2.45) is 11.3 Å². The Hall–Kier alpha value is -0.710. The van der Waals surface area contributed by atoms with E-state index in [0.29, 0.717) is 30.5 Å². The molecule has 1 rings (SSSR count). The van der Waals surface area contributed by atoms with Crippen LogP contribution in [0.3, 0.4) is 0 Å². The molecule has 0 aromatic heterocycles. The summed E-state index contributed by atoms with van der Waals surface area (Å²) < 4.78 is 0. The van der Waals surface area contributed by atoms with Gasteiger partial charge in [0.15, 0.2) is 0 Å². The zero-order valence-corrected chi connectivity index (χ0v) is 12.4. The van der Waals surface area contributed by atoms with Crippen LogP contribution in [0.4, 0.5) is 0 Å². The van der Waals surface area contributed by atoms with E-state index < -0.39 is 11.4 Å². The zero-order valence-electron chi connectivity index (χ0n) is 11.6. The second-order valence-corrected chi connectivity index (χ2v) is 7.11. The van der Waals surface area contributed by atoms with E-state index in [1.54, 1.807) is 16.7 Å². The number of carbonyl (C=O) groups excluding carboxylic acids is 1. The molecule has 1 aliphatic rings. The predicted octanol–water partition coefficient (Wildman–Crippen LogP) is 2.09. The summed E-state index contributed by atoms with van der Waals surface area (Å²) in [5.74, 6) is -0.210. The molecule has 1 amide bonds. The van der Waals surface area contributed by atoms with Gasteiger partial charge in [0.25, 0.3) is 0 Å². The van der Waals surface area contributed by atoms with Crippen molar-refractivity contribution in [3.05, 3.63) is 0 Å². The van der Waals surface area contributed by atoms with Crippen molar-refractivity contribution in [2.75, 3.05) is 18.8 Å². The number of hydrogen-bond donors (Lipinski definition) is 1. The zero-order chi connectivity index (χ0) is 13.9. The smallest absolute Gasteiger partial charge is 0.311 e. The average Bonchev–Trinajstić information content (AvgIpc) is 2.71. The summed E-state index contributed by atoms with van der Waals surface area (Å²) in [6, 6.07) is 0. The summed E-state index contributed by atoms with van der Waals surface area (Å²) >= 11 is 1.60. The molecule has 0 saturated carbocycles. The van der Waals surface area contributed by atoms with Gasteiger partial charge in [0.05, 0.1) is 11.2 Å². The monoisotopic (exact) mass is 273 g/mol. The minimum atomic E-state index is -0.774. The maximum atomic E-state index is 12.0. The normalized spacial score (nSPS) is 24.0. The van der Waals surface area contributed by atoms with Gasteiger partial charge in [-0.15, -0.1) is 11.8 Å². The molecule has 0 aromatic rings. The van der Waals surface area contributed by atoms with Crippen LogP contribution in [0.5, 0.6) is 0 Å². The topological polar surface area (TPSA) is 57.6 Å². The quantitative estimate of drug-likeness (QED) is 0.833. The third-order valence-corrected chi connectivity index (χ3v) is 4.81. The maximum Gasteiger partial charge on any atom is 0.311 e. The molecule has 1 fully saturated rings. The van der Waals surface area contributed by atoms with Gasteiger partial charge >= 0.3 is 5.97 Å². The maximum absolute atomic E-state index is 12.0. The van der Waals surface area contributed by atoms with E-state index >= 15 is 0 Å². The van der Waals surface area contributed by atoms with Crippen molar-refractivity contribution in [1.29, 1.82) is 0 Å². The molecular formula is C13H23NO3S. The lowest BCUT2D eigenvalue weighted by molar-refractivity contribution is -0.151. The first-order valence-corrected chi connectivity index (χ1v) is 7.47. The van der Waals surface area contributed by atoms with Crippen LogP contribution in [-0.2, 0) is 9.59 Å². The minimum Gasteiger partial charge on any atom is -0.481 e. The Morgan fingerprint density at radius 2 is 1.94 bits per heavy atom. The molecule has 0 radical (unpaired) electrons. The van der Waals surface area contributed by atoms with Gasteiger partial charge in [-0.05, 0) is 17.6 Å². The van der Waals surface area contributed by atoms with Crippen LogP contribution in [0.25, 0.3) is 0 Å². The van der Waals surface area contributed by atoms with E-state index in [1.165, 1.54) is 0 Å². The molecule has 1 unspecified atom stereocenters. The first-order chi connectivity index (χ1) is 8.29. The lowest BCUT2D eigenvalue weighted by atomic mass is 9.76. The number of rotatable bonds is 5. The number of nitrogens with zero attached hydrogens (tertiary/aromatic N) is 1. The Kier molecular flexibility index (Phi) is 5.08. The average molecular weight is 273 g/mol. The third kappa shape index (κ3) is 3.19. The van der Waals surface area contributed by atoms with Crippen LogP contribution in [0.15, 0.2) is 0 Å². The van der Waals surface area contributed by atoms with E-state index in [1.807, 2.05) is 13.8 Å². The minimum absolute atomic E-state index is 0.0468. The largest absolute Gasteiger partial charge is 0.481 e. The number of likely N-dealkylation sites (tertiary alicyclic amines) is 1. The number of amides is 1. The van der Waals surface area contributed by atoms with E-state index in [0.717, 1.165) is 0 Å². The van der Waals surface area contributed by atoms with Crippen LogP contribution in [0, 0.1) is 11.3 Å². The molecule has 18 heavy (non-hydrogen) atoms. The molecule has 0 bridgehead atoms. The van der Waals surface area contributed by atoms with Crippen molar-refractivity contribution in [3.63, 3.8) is 0 Å². The molecule has 1 saturated heterocycles. The summed E-state index contributed by atoms with van der Waals surface area (Å²) in [5, 5.41) is 9.83. The lowest BCUT2D eigenvalue weighted by Gasteiger charge is -2.28. The van der Waals surface area contributed by atoms with Crippen LogP contribution in [0.2, 0.25) is 0 Å². The van der Waals surface area contributed by atoms with E-state index in [-0.39, 0.29) is 11.8 Å². The van der Waals surface area contributed by atoms with E-state index in [2.05, 4.69) is 13.8 Å². The van der Waals surface area contributed by atoms with Crippen molar-refractivity contribution in [1.82, 2.24) is 4.90 Å². The van der Waals surface area contributed by atoms with Gasteiger partial charge in [0, 0.05) is 13.1 Å². The number of carboxylic acid groups (broad SMARTS) is 1. The summed E-state index contributed by atoms with van der Waals surface area (Å²) in [4.78, 5) is 25.2. The van der Waals surface area contributed by atoms with Gasteiger partial charge in [-0.2, -0.15) is 0 Å². The Morgan fingerprint density at radius 1 is 1.33 bits per heavy atom. The van der Waals surface area contributed by atoms with Gasteiger partial charge in [-0.1, -0.05) is 27.7 Å². The molecule has 0 aromatic carbocycles. The number of carboxylic acids is 1. The highest BCUT2D eigenvalue weighted by Crippen LogP contribution is 2.38. The summed E-state index contributed by atoms with van der Waals surface area (Å²) in [7, 11) is 0. The molecule has 1 N–H and O–H groups in total. The Bertz CT molecular complexity index is 330. The predicted molar refractivity (Wildman–Crippen MR) is 73.7 cm³/mol. The highest BCUT2D eigenvalue weighted by Gasteiger charge is 2.48. The fraction of sp³-hybridized carbons (Fsp3) is 0.846. The molecular weight excluding hydrogens is 250 g/mol. The number of thioether (sulfide) groups is 1. The Labute approximate surface area is 113 Å². The summed E-state index contributed by atoms with van der Waals surface area (Å²) in [6.45, 7) is 8.88. The van der Waals surface area contributed by atoms with Gasteiger partial charge in [0.1, 0.15) is 0 Å². The highest BCUT2D eigenvalue weighted by molar-refractivity contribution is 8.00. The number of aliphatic carboxylic acids is 1. The van der Waals surface area contributed by atoms with Crippen LogP contribution < -0.4 is 0 Å². The van der Waals surface area contributed by atoms with Crippen LogP contribution in [0.1, 0.15) is 34.1 Å². The van der Waals surface area contributed by atoms with Gasteiger partial charge in [-0.3, -0.25) is 9.59 Å². The first kappa shape index (κ1) is 15.3. The van der Waals surface area contributed by atoms with Crippen LogP contribution in [-0.4, -0.2) is 46.0 Å². The molecule has 4 nitrogen and oxygen atoms in total. The molecule has 104 valence electrons. The second kappa shape index (κ2) is 5.95. The van der Waals surface area contributed by atoms with Crippen molar-refractivity contribution in [2.45, 2.75) is 39.4 Å². The van der Waals surface area contributed by atoms with Gasteiger partial charge in [0.2, 0.25) is 5.91 Å². The second-order valence-electron chi connectivity index (χ2n) is 5.54. The Balaban J connectivity index is 2.64. The molecule has 5 heteroatoms. The fourth-order valence-electron chi connectivity index (χ4n) is 2.27. The van der Waals surface area contributed by atoms with Crippen LogP contribution >= 0.6 is 11.8 Å². The molecule has 0 aliphatic carbocycles. The lowest BCUT2D eigenvalue weighted by Crippen LogP contribution is -2.41. The summed E-state index contributed by atoms with van der Waals surface area (Å²) in [6.07, 6.45) is 0.568. The van der Waals surface area contributed by atoms with Gasteiger partial charge < -0.3 is 10.0 Å². The van der Waals surface area contributed by atoms with E-state index in [9.17, 15) is 14.7 Å². The molecule has 1 atom stereocenters. The number of hydrogen-bond acceptors (Lipinski definition) is 3. The molecule has 0 spiro atoms. The first-order valence-electron chi connectivity index (χ1n) is 6.42. The molecule has 1 aliphatic heterocycles. The SMILES string of the molecule is CC(C)SCC(=O)N1CCC(C(=O)O)(C(C)C)C1. The molecule has 1 heterocycles. The van der Waals surface area contributed by atoms with E-state index in [4.69, 9.17) is 0 Å². The van der Waals surface area contributed by atoms with Gasteiger partial charge in [-0.25, -0.2) is 0 Å². The summed E-state index contributed by atoms with van der Waals surface area (Å²) in [5.41, 5.74) is -0.752. The fourth-order valence-corrected chi connectivity index (χ4v) is 2.93. The van der Waals surface area contributed by atoms with Crippen molar-refractivity contribution >= 4 is 23.6 Å². The standard InChI is InChI=1S/C13H23NO3S/c1-9(2)13(12(16)17)5-6-14(8-13)11(15)7-18-10(3)4/h9-10H,5-8H2,1-4H3,(H,16,17). The Morgan fingerprint density at radius 3 is 2.33 bits per heavy atom. The van der Waals surface area contributed by atoms with Crippen molar-refractivity contribution < 1.29 is 14.7 Å². The third-order valence-electron chi connectivity index (χ3n) is 3.72. The highest BCUT2D eigenvalue weighted by atomic mass is 32.2. The number of carbonyl (C=O) groups is 2. The van der Waals surface area contributed by atoms with Crippen molar-refractivity contribution in [3.8, 4) is 0 Å².